The van der Waals surface area contributed by atoms with Gasteiger partial charge in [0.05, 0.1) is 11.9 Å². The zero-order valence-corrected chi connectivity index (χ0v) is 6.76. The van der Waals surface area contributed by atoms with Crippen LogP contribution >= 0.6 is 12.4 Å². The predicted octanol–water partition coefficient (Wildman–Crippen LogP) is 0.306. The highest BCUT2D eigenvalue weighted by Crippen LogP contribution is 1.91. The van der Waals surface area contributed by atoms with Gasteiger partial charge in [-0.1, -0.05) is 0 Å². The van der Waals surface area contributed by atoms with Gasteiger partial charge in [-0.25, -0.2) is 4.98 Å². The SMILES string of the molecule is Cc1cnc(C(N)=O)cn1.Cl. The Morgan fingerprint density at radius 2 is 2.09 bits per heavy atom. The minimum Gasteiger partial charge on any atom is -0.364 e. The highest BCUT2D eigenvalue weighted by Gasteiger charge is 1.99. The molecule has 0 aliphatic heterocycles. The molecule has 0 bridgehead atoms. The van der Waals surface area contributed by atoms with E-state index in [0.717, 1.165) is 5.69 Å². The molecule has 0 aromatic carbocycles. The quantitative estimate of drug-likeness (QED) is 0.665. The molecule has 1 aromatic heterocycles. The first-order valence-electron chi connectivity index (χ1n) is 2.78. The van der Waals surface area contributed by atoms with Gasteiger partial charge in [-0.15, -0.1) is 12.4 Å². The van der Waals surface area contributed by atoms with E-state index in [-0.39, 0.29) is 18.1 Å². The van der Waals surface area contributed by atoms with Crippen LogP contribution in [0.5, 0.6) is 0 Å². The summed E-state index contributed by atoms with van der Waals surface area (Å²) >= 11 is 0. The molecule has 0 saturated carbocycles. The van der Waals surface area contributed by atoms with E-state index in [9.17, 15) is 4.79 Å². The topological polar surface area (TPSA) is 68.9 Å². The highest BCUT2D eigenvalue weighted by molar-refractivity contribution is 5.90. The summed E-state index contributed by atoms with van der Waals surface area (Å²) in [6.07, 6.45) is 2.86. The summed E-state index contributed by atoms with van der Waals surface area (Å²) in [5.74, 6) is -0.549. The molecule has 0 atom stereocenters. The Balaban J connectivity index is 0.000001000. The fourth-order valence-electron chi connectivity index (χ4n) is 0.520. The van der Waals surface area contributed by atoms with E-state index in [1.54, 1.807) is 6.92 Å². The van der Waals surface area contributed by atoms with Gasteiger partial charge in [-0.05, 0) is 6.92 Å². The predicted molar refractivity (Wildman–Crippen MR) is 42.5 cm³/mol. The first-order valence-corrected chi connectivity index (χ1v) is 2.78. The number of aromatic nitrogens is 2. The van der Waals surface area contributed by atoms with Crippen LogP contribution in [0.1, 0.15) is 16.2 Å². The Bertz CT molecular complexity index is 247. The molecular weight excluding hydrogens is 166 g/mol. The lowest BCUT2D eigenvalue weighted by Gasteiger charge is -1.92. The molecule has 1 heterocycles. The van der Waals surface area contributed by atoms with E-state index in [1.807, 2.05) is 0 Å². The Hall–Kier alpha value is -1.16. The summed E-state index contributed by atoms with van der Waals surface area (Å²) in [6.45, 7) is 1.79. The van der Waals surface area contributed by atoms with Gasteiger partial charge in [0.1, 0.15) is 5.69 Å². The molecule has 11 heavy (non-hydrogen) atoms. The maximum Gasteiger partial charge on any atom is 0.268 e. The van der Waals surface area contributed by atoms with Crippen molar-refractivity contribution in [2.45, 2.75) is 6.92 Å². The standard InChI is InChI=1S/C6H7N3O.ClH/c1-4-2-9-5(3-8-4)6(7)10;/h2-3H,1H3,(H2,7,10);1H. The van der Waals surface area contributed by atoms with Gasteiger partial charge in [0.2, 0.25) is 0 Å². The van der Waals surface area contributed by atoms with Crippen LogP contribution in [0, 0.1) is 6.92 Å². The van der Waals surface area contributed by atoms with Gasteiger partial charge in [0.15, 0.2) is 0 Å². The van der Waals surface area contributed by atoms with Crippen molar-refractivity contribution in [2.24, 2.45) is 5.73 Å². The second-order valence-corrected chi connectivity index (χ2v) is 1.91. The minimum absolute atomic E-state index is 0. The average Bonchev–Trinajstić information content (AvgIpc) is 1.88. The van der Waals surface area contributed by atoms with E-state index in [2.05, 4.69) is 9.97 Å². The summed E-state index contributed by atoms with van der Waals surface area (Å²) in [5, 5.41) is 0. The summed E-state index contributed by atoms with van der Waals surface area (Å²) < 4.78 is 0. The molecule has 0 aliphatic rings. The summed E-state index contributed by atoms with van der Waals surface area (Å²) in [7, 11) is 0. The average molecular weight is 174 g/mol. The lowest BCUT2D eigenvalue weighted by atomic mass is 10.4. The summed E-state index contributed by atoms with van der Waals surface area (Å²) in [4.78, 5) is 18.0. The number of nitrogens with zero attached hydrogens (tertiary/aromatic N) is 2. The van der Waals surface area contributed by atoms with Crippen molar-refractivity contribution < 1.29 is 4.79 Å². The normalized spacial score (nSPS) is 8.45. The van der Waals surface area contributed by atoms with Crippen molar-refractivity contribution in [3.8, 4) is 0 Å². The van der Waals surface area contributed by atoms with E-state index in [0.29, 0.717) is 0 Å². The van der Waals surface area contributed by atoms with Crippen LogP contribution < -0.4 is 5.73 Å². The number of hydrogen-bond donors (Lipinski definition) is 1. The van der Waals surface area contributed by atoms with Crippen LogP contribution in [0.4, 0.5) is 0 Å². The van der Waals surface area contributed by atoms with Crippen molar-refractivity contribution in [3.63, 3.8) is 0 Å². The molecule has 0 spiro atoms. The smallest absolute Gasteiger partial charge is 0.268 e. The van der Waals surface area contributed by atoms with Crippen molar-refractivity contribution >= 4 is 18.3 Å². The van der Waals surface area contributed by atoms with Crippen molar-refractivity contribution in [2.75, 3.05) is 0 Å². The van der Waals surface area contributed by atoms with Gasteiger partial charge in [-0.2, -0.15) is 0 Å². The van der Waals surface area contributed by atoms with E-state index in [1.165, 1.54) is 12.4 Å². The molecule has 0 aliphatic carbocycles. The first kappa shape index (κ1) is 9.84. The Labute approximate surface area is 70.3 Å². The van der Waals surface area contributed by atoms with Gasteiger partial charge in [0, 0.05) is 6.20 Å². The number of primary amides is 1. The van der Waals surface area contributed by atoms with Gasteiger partial charge >= 0.3 is 0 Å². The zero-order valence-electron chi connectivity index (χ0n) is 5.94. The van der Waals surface area contributed by atoms with E-state index in [4.69, 9.17) is 5.73 Å². The zero-order chi connectivity index (χ0) is 7.56. The number of halogens is 1. The third-order valence-corrected chi connectivity index (χ3v) is 1.03. The summed E-state index contributed by atoms with van der Waals surface area (Å²) in [6, 6.07) is 0. The third kappa shape index (κ3) is 2.51. The molecular formula is C6H8ClN3O. The Morgan fingerprint density at radius 1 is 1.45 bits per heavy atom. The van der Waals surface area contributed by atoms with Crippen LogP contribution in [0.2, 0.25) is 0 Å². The molecule has 0 saturated heterocycles. The summed E-state index contributed by atoms with van der Waals surface area (Å²) in [5.41, 5.74) is 5.89. The molecule has 2 N–H and O–H groups in total. The maximum absolute atomic E-state index is 10.4. The number of amides is 1. The van der Waals surface area contributed by atoms with Crippen LogP contribution in [0.3, 0.4) is 0 Å². The second-order valence-electron chi connectivity index (χ2n) is 1.91. The molecule has 1 amide bonds. The fraction of sp³-hybridized carbons (Fsp3) is 0.167. The highest BCUT2D eigenvalue weighted by atomic mass is 35.5. The number of hydrogen-bond acceptors (Lipinski definition) is 3. The van der Waals surface area contributed by atoms with Gasteiger partial charge < -0.3 is 5.73 Å². The number of carbonyl (C=O) groups is 1. The maximum atomic E-state index is 10.4. The number of aryl methyl sites for hydroxylation is 1. The minimum atomic E-state index is -0.549. The van der Waals surface area contributed by atoms with Crippen molar-refractivity contribution in [1.82, 2.24) is 9.97 Å². The number of nitrogens with two attached hydrogens (primary N) is 1. The molecule has 0 unspecified atom stereocenters. The largest absolute Gasteiger partial charge is 0.364 e. The molecule has 5 heteroatoms. The monoisotopic (exact) mass is 173 g/mol. The Kier molecular flexibility index (Phi) is 3.47. The molecule has 60 valence electrons. The second kappa shape index (κ2) is 3.88. The molecule has 4 nitrogen and oxygen atoms in total. The van der Waals surface area contributed by atoms with Gasteiger partial charge in [-0.3, -0.25) is 9.78 Å². The lowest BCUT2D eigenvalue weighted by molar-refractivity contribution is 0.0995. The van der Waals surface area contributed by atoms with Crippen LogP contribution in [-0.2, 0) is 0 Å². The van der Waals surface area contributed by atoms with E-state index < -0.39 is 5.91 Å². The first-order chi connectivity index (χ1) is 4.70. The van der Waals surface area contributed by atoms with Crippen LogP contribution in [-0.4, -0.2) is 15.9 Å². The van der Waals surface area contributed by atoms with Gasteiger partial charge in [0.25, 0.3) is 5.91 Å². The number of carbonyl (C=O) groups excluding carboxylic acids is 1. The molecule has 0 fully saturated rings. The lowest BCUT2D eigenvalue weighted by Crippen LogP contribution is -2.13. The fourth-order valence-corrected chi connectivity index (χ4v) is 0.520. The van der Waals surface area contributed by atoms with Crippen molar-refractivity contribution in [3.05, 3.63) is 23.8 Å². The van der Waals surface area contributed by atoms with E-state index >= 15 is 0 Å². The third-order valence-electron chi connectivity index (χ3n) is 1.03. The Morgan fingerprint density at radius 3 is 2.45 bits per heavy atom. The number of rotatable bonds is 1. The van der Waals surface area contributed by atoms with Crippen LogP contribution in [0.15, 0.2) is 12.4 Å². The van der Waals surface area contributed by atoms with Crippen LogP contribution in [0.25, 0.3) is 0 Å². The molecule has 0 radical (unpaired) electrons. The van der Waals surface area contributed by atoms with Crippen molar-refractivity contribution in [1.29, 1.82) is 0 Å². The molecule has 1 aromatic rings. The molecule has 1 rings (SSSR count).